The lowest BCUT2D eigenvalue weighted by molar-refractivity contribution is -0.158. The molecule has 0 saturated heterocycles. The van der Waals surface area contributed by atoms with Gasteiger partial charge in [-0.05, 0) is 70.3 Å². The van der Waals surface area contributed by atoms with Gasteiger partial charge in [0.05, 0.1) is 19.2 Å². The smallest absolute Gasteiger partial charge is 0.407 e. The van der Waals surface area contributed by atoms with Gasteiger partial charge in [-0.15, -0.1) is 0 Å². The fourth-order valence-corrected chi connectivity index (χ4v) is 5.55. The van der Waals surface area contributed by atoms with Crippen LogP contribution in [0.2, 0.25) is 0 Å². The summed E-state index contributed by atoms with van der Waals surface area (Å²) in [5.41, 5.74) is -0.351. The predicted octanol–water partition coefficient (Wildman–Crippen LogP) is 3.24. The van der Waals surface area contributed by atoms with Gasteiger partial charge in [-0.3, -0.25) is 24.0 Å². The van der Waals surface area contributed by atoms with Crippen LogP contribution in [0.25, 0.3) is 0 Å². The lowest BCUT2D eigenvalue weighted by Gasteiger charge is -2.31. The van der Waals surface area contributed by atoms with Crippen LogP contribution in [-0.4, -0.2) is 78.4 Å². The van der Waals surface area contributed by atoms with Crippen molar-refractivity contribution >= 4 is 41.5 Å². The molecule has 5 amide bonds. The van der Waals surface area contributed by atoms with Gasteiger partial charge in [-0.2, -0.15) is 0 Å². The number of benzene rings is 1. The van der Waals surface area contributed by atoms with Crippen molar-refractivity contribution in [3.8, 4) is 0 Å². The Balaban J connectivity index is 2.05. The quantitative estimate of drug-likeness (QED) is 0.119. The number of alkyl carbamates (subject to hydrolysis) is 1. The molecule has 1 aromatic rings. The number of rotatable bonds is 17. The van der Waals surface area contributed by atoms with Gasteiger partial charge >= 0.3 is 12.1 Å². The molecule has 0 heterocycles. The molecule has 0 aliphatic heterocycles. The third-order valence-corrected chi connectivity index (χ3v) is 8.03. The zero-order valence-electron chi connectivity index (χ0n) is 31.3. The molecule has 4 atom stereocenters. The summed E-state index contributed by atoms with van der Waals surface area (Å²) >= 11 is 0. The standard InChI is InChI=1S/C37H57N5O9/c1-22(2)19-27(31(44)34(47)38-20-28(43)41-30(26-17-13-10-14-18-26)35(48)51-37(6,7)8)40-32(45)24(5)39-33(46)29(25-15-11-9-12-16-25)42-36(49)50-21-23(3)4/h10,13-14,17-18,22-25,27,29-30H,9,11-12,15-16,19-21H2,1-8H3,(H,38,47)(H,39,46)(H,40,45)(H,41,43)(H,42,49)/t24-,27?,29-,30-/m0/s1. The Morgan fingerprint density at radius 3 is 1.98 bits per heavy atom. The molecule has 1 fully saturated rings. The molecule has 1 unspecified atom stereocenters. The number of hydrogen-bond donors (Lipinski definition) is 5. The van der Waals surface area contributed by atoms with Crippen molar-refractivity contribution in [2.75, 3.05) is 13.2 Å². The molecule has 2 rings (SSSR count). The molecule has 1 saturated carbocycles. The van der Waals surface area contributed by atoms with Crippen molar-refractivity contribution in [2.45, 2.75) is 124 Å². The largest absolute Gasteiger partial charge is 0.458 e. The second-order valence-corrected chi connectivity index (χ2v) is 14.9. The molecule has 0 radical (unpaired) electrons. The maximum absolute atomic E-state index is 13.4. The molecule has 0 spiro atoms. The highest BCUT2D eigenvalue weighted by molar-refractivity contribution is 6.38. The summed E-state index contributed by atoms with van der Waals surface area (Å²) in [5.74, 6) is -4.93. The Hall–Kier alpha value is -4.49. The van der Waals surface area contributed by atoms with Crippen molar-refractivity contribution in [3.63, 3.8) is 0 Å². The molecule has 0 aromatic heterocycles. The van der Waals surface area contributed by atoms with E-state index < -0.39 is 77.8 Å². The summed E-state index contributed by atoms with van der Waals surface area (Å²) in [6.07, 6.45) is 3.71. The maximum Gasteiger partial charge on any atom is 0.407 e. The number of carbonyl (C=O) groups is 7. The molecular weight excluding hydrogens is 658 g/mol. The maximum atomic E-state index is 13.4. The summed E-state index contributed by atoms with van der Waals surface area (Å²) in [7, 11) is 0. The van der Waals surface area contributed by atoms with Crippen LogP contribution < -0.4 is 26.6 Å². The van der Waals surface area contributed by atoms with E-state index in [-0.39, 0.29) is 30.8 Å². The van der Waals surface area contributed by atoms with Gasteiger partial charge in [0, 0.05) is 0 Å². The molecule has 1 aliphatic rings. The van der Waals surface area contributed by atoms with Crippen LogP contribution in [0.15, 0.2) is 30.3 Å². The molecule has 0 bridgehead atoms. The van der Waals surface area contributed by atoms with Gasteiger partial charge in [-0.25, -0.2) is 9.59 Å². The van der Waals surface area contributed by atoms with Crippen molar-refractivity contribution in [2.24, 2.45) is 17.8 Å². The Kier molecular flexibility index (Phi) is 17.1. The van der Waals surface area contributed by atoms with Crippen molar-refractivity contribution in [1.82, 2.24) is 26.6 Å². The van der Waals surface area contributed by atoms with Crippen LogP contribution in [0.5, 0.6) is 0 Å². The highest BCUT2D eigenvalue weighted by Gasteiger charge is 2.35. The number of esters is 1. The minimum absolute atomic E-state index is 0.105. The first-order chi connectivity index (χ1) is 23.9. The molecule has 51 heavy (non-hydrogen) atoms. The number of carbonyl (C=O) groups excluding carboxylic acids is 7. The number of ether oxygens (including phenoxy) is 2. The van der Waals surface area contributed by atoms with Crippen molar-refractivity contribution in [3.05, 3.63) is 35.9 Å². The molecule has 14 nitrogen and oxygen atoms in total. The lowest BCUT2D eigenvalue weighted by atomic mass is 9.83. The van der Waals surface area contributed by atoms with E-state index in [9.17, 15) is 33.6 Å². The highest BCUT2D eigenvalue weighted by Crippen LogP contribution is 2.27. The minimum Gasteiger partial charge on any atom is -0.458 e. The van der Waals surface area contributed by atoms with Crippen LogP contribution >= 0.6 is 0 Å². The van der Waals surface area contributed by atoms with E-state index in [0.717, 1.165) is 32.1 Å². The molecule has 14 heteroatoms. The highest BCUT2D eigenvalue weighted by atomic mass is 16.6. The van der Waals surface area contributed by atoms with Crippen molar-refractivity contribution < 1.29 is 43.0 Å². The second kappa shape index (κ2) is 20.4. The van der Waals surface area contributed by atoms with Gasteiger partial charge in [0.1, 0.15) is 17.7 Å². The number of amides is 5. The van der Waals surface area contributed by atoms with E-state index in [0.29, 0.717) is 5.56 Å². The van der Waals surface area contributed by atoms with Crippen LogP contribution in [0, 0.1) is 17.8 Å². The first-order valence-electron chi connectivity index (χ1n) is 17.8. The number of ketones is 1. The topological polar surface area (TPSA) is 198 Å². The Morgan fingerprint density at radius 1 is 0.784 bits per heavy atom. The number of nitrogens with one attached hydrogen (secondary N) is 5. The first kappa shape index (κ1) is 42.7. The van der Waals surface area contributed by atoms with Gasteiger partial charge in [0.2, 0.25) is 23.5 Å². The first-order valence-corrected chi connectivity index (χ1v) is 17.8. The zero-order chi connectivity index (χ0) is 38.3. The summed E-state index contributed by atoms with van der Waals surface area (Å²) in [6, 6.07) is 4.01. The van der Waals surface area contributed by atoms with Gasteiger partial charge in [0.15, 0.2) is 6.04 Å². The second-order valence-electron chi connectivity index (χ2n) is 14.9. The van der Waals surface area contributed by atoms with Crippen LogP contribution in [0.4, 0.5) is 4.79 Å². The third-order valence-electron chi connectivity index (χ3n) is 8.03. The SMILES string of the molecule is CC(C)COC(=O)N[C@H](C(=O)N[C@@H](C)C(=O)NC(CC(C)C)C(=O)C(=O)NCC(=O)N[C@H](C(=O)OC(C)(C)C)c1ccccc1)C1CCCCC1. The van der Waals surface area contributed by atoms with Crippen molar-refractivity contribution in [1.29, 1.82) is 0 Å². The number of Topliss-reactive ketones (excluding diaryl/α,β-unsaturated/α-hetero) is 1. The van der Waals surface area contributed by atoms with E-state index in [4.69, 9.17) is 9.47 Å². The van der Waals surface area contributed by atoms with E-state index in [2.05, 4.69) is 26.6 Å². The summed E-state index contributed by atoms with van der Waals surface area (Å²) in [4.78, 5) is 91.1. The Morgan fingerprint density at radius 2 is 1.41 bits per heavy atom. The van der Waals surface area contributed by atoms with Gasteiger partial charge in [-0.1, -0.05) is 77.3 Å². The zero-order valence-corrected chi connectivity index (χ0v) is 31.3. The lowest BCUT2D eigenvalue weighted by Crippen LogP contribution is -2.57. The van der Waals surface area contributed by atoms with Crippen LogP contribution in [0.1, 0.15) is 106 Å². The van der Waals surface area contributed by atoms with Crippen LogP contribution in [-0.2, 0) is 38.2 Å². The predicted molar refractivity (Wildman–Crippen MR) is 190 cm³/mol. The average Bonchev–Trinajstić information content (AvgIpc) is 3.06. The van der Waals surface area contributed by atoms with Gasteiger partial charge in [0.25, 0.3) is 5.91 Å². The monoisotopic (exact) mass is 715 g/mol. The summed E-state index contributed by atoms with van der Waals surface area (Å²) in [5, 5.41) is 12.7. The molecule has 5 N–H and O–H groups in total. The Labute approximate surface area is 301 Å². The number of hydrogen-bond acceptors (Lipinski definition) is 9. The van der Waals surface area contributed by atoms with E-state index in [1.165, 1.54) is 6.92 Å². The molecule has 284 valence electrons. The third kappa shape index (κ3) is 15.5. The van der Waals surface area contributed by atoms with E-state index >= 15 is 0 Å². The molecular formula is C37H57N5O9. The fraction of sp³-hybridized carbons (Fsp3) is 0.649. The summed E-state index contributed by atoms with van der Waals surface area (Å²) in [6.45, 7) is 13.5. The summed E-state index contributed by atoms with van der Waals surface area (Å²) < 4.78 is 10.7. The Bertz CT molecular complexity index is 1350. The molecule has 1 aliphatic carbocycles. The normalized spacial score (nSPS) is 15.8. The van der Waals surface area contributed by atoms with E-state index in [1.807, 2.05) is 27.7 Å². The average molecular weight is 716 g/mol. The van der Waals surface area contributed by atoms with E-state index in [1.54, 1.807) is 51.1 Å². The fourth-order valence-electron chi connectivity index (χ4n) is 5.55. The molecule has 1 aromatic carbocycles. The minimum atomic E-state index is -1.25. The van der Waals surface area contributed by atoms with Crippen LogP contribution in [0.3, 0.4) is 0 Å². The van der Waals surface area contributed by atoms with Gasteiger partial charge < -0.3 is 36.1 Å².